The van der Waals surface area contributed by atoms with Crippen LogP contribution in [0.2, 0.25) is 0 Å². The maximum Gasteiger partial charge on any atom is 0.319 e. The van der Waals surface area contributed by atoms with Gasteiger partial charge in [-0.3, -0.25) is 0 Å². The molecule has 0 aliphatic rings. The van der Waals surface area contributed by atoms with E-state index in [1.165, 1.54) is 12.1 Å². The zero-order chi connectivity index (χ0) is 15.2. The predicted molar refractivity (Wildman–Crippen MR) is 82.8 cm³/mol. The largest absolute Gasteiger partial charge is 0.334 e. The van der Waals surface area contributed by atoms with Gasteiger partial charge in [0.2, 0.25) is 0 Å². The molecule has 0 spiro atoms. The van der Waals surface area contributed by atoms with Gasteiger partial charge in [0.15, 0.2) is 0 Å². The van der Waals surface area contributed by atoms with Crippen molar-refractivity contribution in [2.45, 2.75) is 26.8 Å². The second-order valence-corrected chi connectivity index (χ2v) is 4.90. The molecule has 2 aromatic carbocycles. The Kier molecular flexibility index (Phi) is 4.93. The van der Waals surface area contributed by atoms with E-state index in [0.29, 0.717) is 6.54 Å². The van der Waals surface area contributed by atoms with Gasteiger partial charge in [0.1, 0.15) is 5.82 Å². The van der Waals surface area contributed by atoms with E-state index in [1.807, 2.05) is 25.1 Å². The molecule has 2 rings (SSSR count). The average molecular weight is 286 g/mol. The third-order valence-corrected chi connectivity index (χ3v) is 3.34. The van der Waals surface area contributed by atoms with Crippen molar-refractivity contribution in [3.05, 3.63) is 65.0 Å². The SMILES string of the molecule is CCc1cccc(C)c1NC(=O)NCc1ccc(F)cc1. The van der Waals surface area contributed by atoms with Gasteiger partial charge in [-0.1, -0.05) is 37.3 Å². The number of halogens is 1. The van der Waals surface area contributed by atoms with Crippen molar-refractivity contribution in [3.8, 4) is 0 Å². The van der Waals surface area contributed by atoms with Crippen LogP contribution in [0.1, 0.15) is 23.6 Å². The van der Waals surface area contributed by atoms with Crippen LogP contribution in [0.25, 0.3) is 0 Å². The molecule has 0 aliphatic heterocycles. The lowest BCUT2D eigenvalue weighted by Crippen LogP contribution is -2.28. The van der Waals surface area contributed by atoms with Crippen molar-refractivity contribution in [3.63, 3.8) is 0 Å². The predicted octanol–water partition coefficient (Wildman–Crippen LogP) is 4.02. The number of nitrogens with one attached hydrogen (secondary N) is 2. The Hall–Kier alpha value is -2.36. The van der Waals surface area contributed by atoms with Gasteiger partial charge in [0, 0.05) is 12.2 Å². The first kappa shape index (κ1) is 15.0. The van der Waals surface area contributed by atoms with Gasteiger partial charge in [0.25, 0.3) is 0 Å². The molecule has 0 heterocycles. The Morgan fingerprint density at radius 1 is 1.14 bits per heavy atom. The molecule has 0 aliphatic carbocycles. The minimum absolute atomic E-state index is 0.261. The molecule has 21 heavy (non-hydrogen) atoms. The highest BCUT2D eigenvalue weighted by Crippen LogP contribution is 2.20. The molecule has 4 heteroatoms. The number of carbonyl (C=O) groups is 1. The van der Waals surface area contributed by atoms with Gasteiger partial charge in [-0.25, -0.2) is 9.18 Å². The Labute approximate surface area is 124 Å². The molecular formula is C17H19FN2O. The highest BCUT2D eigenvalue weighted by Gasteiger charge is 2.08. The monoisotopic (exact) mass is 286 g/mol. The van der Waals surface area contributed by atoms with Crippen molar-refractivity contribution in [2.24, 2.45) is 0 Å². The Balaban J connectivity index is 1.97. The van der Waals surface area contributed by atoms with Crippen molar-refractivity contribution in [2.75, 3.05) is 5.32 Å². The van der Waals surface area contributed by atoms with Crippen molar-refractivity contribution >= 4 is 11.7 Å². The van der Waals surface area contributed by atoms with Gasteiger partial charge in [0.05, 0.1) is 0 Å². The van der Waals surface area contributed by atoms with E-state index in [1.54, 1.807) is 12.1 Å². The third kappa shape index (κ3) is 4.05. The molecule has 2 amide bonds. The number of carbonyl (C=O) groups excluding carboxylic acids is 1. The van der Waals surface area contributed by atoms with Crippen molar-refractivity contribution in [1.29, 1.82) is 0 Å². The van der Waals surface area contributed by atoms with E-state index in [-0.39, 0.29) is 11.8 Å². The van der Waals surface area contributed by atoms with Crippen LogP contribution in [0.5, 0.6) is 0 Å². The fourth-order valence-corrected chi connectivity index (χ4v) is 2.14. The van der Waals surface area contributed by atoms with Crippen molar-refractivity contribution in [1.82, 2.24) is 5.32 Å². The van der Waals surface area contributed by atoms with Gasteiger partial charge in [-0.2, -0.15) is 0 Å². The van der Waals surface area contributed by atoms with Crippen LogP contribution in [0.3, 0.4) is 0 Å². The lowest BCUT2D eigenvalue weighted by Gasteiger charge is -2.13. The van der Waals surface area contributed by atoms with E-state index in [9.17, 15) is 9.18 Å². The van der Waals surface area contributed by atoms with Crippen LogP contribution in [-0.2, 0) is 13.0 Å². The molecule has 0 saturated carbocycles. The Bertz CT molecular complexity index is 623. The number of para-hydroxylation sites is 1. The standard InChI is InChI=1S/C17H19FN2O/c1-3-14-6-4-5-12(2)16(14)20-17(21)19-11-13-7-9-15(18)10-8-13/h4-10H,3,11H2,1-2H3,(H2,19,20,21). The number of rotatable bonds is 4. The normalized spacial score (nSPS) is 10.2. The molecule has 0 fully saturated rings. The van der Waals surface area contributed by atoms with Gasteiger partial charge in [-0.05, 0) is 42.2 Å². The molecular weight excluding hydrogens is 267 g/mol. The quantitative estimate of drug-likeness (QED) is 0.875. The van der Waals surface area contributed by atoms with Crippen LogP contribution in [0, 0.1) is 12.7 Å². The Morgan fingerprint density at radius 2 is 1.86 bits per heavy atom. The summed E-state index contributed by atoms with van der Waals surface area (Å²) in [5.74, 6) is -0.282. The molecule has 0 saturated heterocycles. The highest BCUT2D eigenvalue weighted by atomic mass is 19.1. The summed E-state index contributed by atoms with van der Waals surface area (Å²) < 4.78 is 12.8. The van der Waals surface area contributed by atoms with Crippen LogP contribution >= 0.6 is 0 Å². The molecule has 0 radical (unpaired) electrons. The molecule has 3 nitrogen and oxygen atoms in total. The molecule has 2 aromatic rings. The summed E-state index contributed by atoms with van der Waals surface area (Å²) in [6.07, 6.45) is 0.856. The molecule has 0 atom stereocenters. The summed E-state index contributed by atoms with van der Waals surface area (Å²) >= 11 is 0. The summed E-state index contributed by atoms with van der Waals surface area (Å²) in [4.78, 5) is 12.0. The minimum atomic E-state index is -0.282. The smallest absolute Gasteiger partial charge is 0.319 e. The summed E-state index contributed by atoms with van der Waals surface area (Å²) in [6, 6.07) is 11.8. The number of hydrogen-bond acceptors (Lipinski definition) is 1. The van der Waals surface area contributed by atoms with Crippen LogP contribution < -0.4 is 10.6 Å². The third-order valence-electron chi connectivity index (χ3n) is 3.34. The number of anilines is 1. The highest BCUT2D eigenvalue weighted by molar-refractivity contribution is 5.91. The first-order valence-corrected chi connectivity index (χ1v) is 6.98. The minimum Gasteiger partial charge on any atom is -0.334 e. The van der Waals surface area contributed by atoms with Gasteiger partial charge < -0.3 is 10.6 Å². The summed E-state index contributed by atoms with van der Waals surface area (Å²) in [5.41, 5.74) is 3.85. The first-order chi connectivity index (χ1) is 10.1. The summed E-state index contributed by atoms with van der Waals surface area (Å²) in [5, 5.41) is 5.66. The van der Waals surface area contributed by atoms with E-state index < -0.39 is 0 Å². The van der Waals surface area contributed by atoms with Crippen LogP contribution in [0.4, 0.5) is 14.9 Å². The maximum atomic E-state index is 12.8. The molecule has 110 valence electrons. The molecule has 0 aromatic heterocycles. The second kappa shape index (κ2) is 6.88. The van der Waals surface area contributed by atoms with Crippen molar-refractivity contribution < 1.29 is 9.18 Å². The lowest BCUT2D eigenvalue weighted by atomic mass is 10.1. The van der Waals surface area contributed by atoms with E-state index in [4.69, 9.17) is 0 Å². The van der Waals surface area contributed by atoms with E-state index in [0.717, 1.165) is 28.8 Å². The van der Waals surface area contributed by atoms with E-state index >= 15 is 0 Å². The lowest BCUT2D eigenvalue weighted by molar-refractivity contribution is 0.251. The number of aryl methyl sites for hydroxylation is 2. The van der Waals surface area contributed by atoms with Crippen LogP contribution in [0.15, 0.2) is 42.5 Å². The fraction of sp³-hybridized carbons (Fsp3) is 0.235. The van der Waals surface area contributed by atoms with E-state index in [2.05, 4.69) is 17.6 Å². The fourth-order valence-electron chi connectivity index (χ4n) is 2.14. The molecule has 0 bridgehead atoms. The zero-order valence-electron chi connectivity index (χ0n) is 12.2. The molecule has 2 N–H and O–H groups in total. The second-order valence-electron chi connectivity index (χ2n) is 4.90. The molecule has 0 unspecified atom stereocenters. The van der Waals surface area contributed by atoms with Gasteiger partial charge in [-0.15, -0.1) is 0 Å². The Morgan fingerprint density at radius 3 is 2.52 bits per heavy atom. The van der Waals surface area contributed by atoms with Gasteiger partial charge >= 0.3 is 6.03 Å². The number of benzene rings is 2. The summed E-state index contributed by atoms with van der Waals surface area (Å²) in [7, 11) is 0. The average Bonchev–Trinajstić information content (AvgIpc) is 2.49. The topological polar surface area (TPSA) is 41.1 Å². The van der Waals surface area contributed by atoms with Crippen LogP contribution in [-0.4, -0.2) is 6.03 Å². The number of urea groups is 1. The zero-order valence-corrected chi connectivity index (χ0v) is 12.2. The first-order valence-electron chi connectivity index (χ1n) is 6.98. The number of amides is 2. The maximum absolute atomic E-state index is 12.8. The summed E-state index contributed by atoms with van der Waals surface area (Å²) in [6.45, 7) is 4.38. The number of hydrogen-bond donors (Lipinski definition) is 2.